The Kier molecular flexibility index (Phi) is 5.66. The Hall–Kier alpha value is -2.20. The second-order valence-electron chi connectivity index (χ2n) is 6.18. The maximum Gasteiger partial charge on any atom is 0.324 e. The molecule has 3 rings (SSSR count). The second kappa shape index (κ2) is 7.81. The molecule has 1 N–H and O–H groups in total. The first-order chi connectivity index (χ1) is 12.8. The van der Waals surface area contributed by atoms with Crippen LogP contribution in [0.25, 0.3) is 10.2 Å². The Morgan fingerprint density at radius 2 is 2.07 bits per heavy atom. The molecule has 3 amide bonds. The van der Waals surface area contributed by atoms with E-state index in [-0.39, 0.29) is 12.3 Å². The van der Waals surface area contributed by atoms with E-state index in [2.05, 4.69) is 15.3 Å². The molecular weight excluding hydrogens is 388 g/mol. The number of hydrogen-bond acceptors (Lipinski definition) is 8. The van der Waals surface area contributed by atoms with E-state index in [9.17, 15) is 14.4 Å². The van der Waals surface area contributed by atoms with Crippen molar-refractivity contribution in [3.63, 3.8) is 0 Å². The van der Waals surface area contributed by atoms with Gasteiger partial charge in [0, 0.05) is 23.4 Å². The molecule has 144 valence electrons. The summed E-state index contributed by atoms with van der Waals surface area (Å²) < 4.78 is 5.20. The number of ether oxygens (including phenoxy) is 1. The number of carbonyl (C=O) groups is 3. The Balaban J connectivity index is 1.65. The lowest BCUT2D eigenvalue weighted by atomic mass is 10.2. The zero-order chi connectivity index (χ0) is 19.7. The van der Waals surface area contributed by atoms with Gasteiger partial charge in [0.05, 0.1) is 5.75 Å². The molecular formula is C17H20N4O4S2. The van der Waals surface area contributed by atoms with Crippen LogP contribution in [0.3, 0.4) is 0 Å². The van der Waals surface area contributed by atoms with Gasteiger partial charge in [-0.15, -0.1) is 11.3 Å². The van der Waals surface area contributed by atoms with Crippen molar-refractivity contribution >= 4 is 51.2 Å². The first kappa shape index (κ1) is 19.6. The minimum absolute atomic E-state index is 0.0176. The molecule has 0 saturated carbocycles. The van der Waals surface area contributed by atoms with Crippen LogP contribution in [0.1, 0.15) is 23.2 Å². The molecule has 10 heteroatoms. The quantitative estimate of drug-likeness (QED) is 0.460. The molecule has 0 unspecified atom stereocenters. The Morgan fingerprint density at radius 3 is 2.74 bits per heavy atom. The van der Waals surface area contributed by atoms with Crippen LogP contribution in [0.5, 0.6) is 0 Å². The number of nitrogens with zero attached hydrogens (tertiary/aromatic N) is 3. The van der Waals surface area contributed by atoms with Gasteiger partial charge in [0.25, 0.3) is 5.91 Å². The van der Waals surface area contributed by atoms with Crippen LogP contribution >= 0.6 is 23.1 Å². The molecule has 3 heterocycles. The van der Waals surface area contributed by atoms with E-state index in [0.717, 1.165) is 30.6 Å². The summed E-state index contributed by atoms with van der Waals surface area (Å²) in [7, 11) is 0. The molecule has 2 aromatic heterocycles. The summed E-state index contributed by atoms with van der Waals surface area (Å²) >= 11 is 2.86. The van der Waals surface area contributed by atoms with Crippen LogP contribution in [0.2, 0.25) is 0 Å². The van der Waals surface area contributed by atoms with E-state index >= 15 is 0 Å². The maximum absolute atomic E-state index is 12.2. The number of thiophene rings is 1. The van der Waals surface area contributed by atoms with E-state index in [1.807, 2.05) is 20.8 Å². The van der Waals surface area contributed by atoms with E-state index in [0.29, 0.717) is 12.4 Å². The molecule has 27 heavy (non-hydrogen) atoms. The molecule has 0 radical (unpaired) electrons. The zero-order valence-electron chi connectivity index (χ0n) is 15.5. The predicted octanol–water partition coefficient (Wildman–Crippen LogP) is 2.19. The maximum atomic E-state index is 12.2. The minimum atomic E-state index is -1.01. The highest BCUT2D eigenvalue weighted by molar-refractivity contribution is 8.00. The lowest BCUT2D eigenvalue weighted by Crippen LogP contribution is -2.42. The summed E-state index contributed by atoms with van der Waals surface area (Å²) in [5.74, 6) is -0.394. The third-order valence-electron chi connectivity index (χ3n) is 4.21. The molecule has 1 saturated heterocycles. The highest BCUT2D eigenvalue weighted by Gasteiger charge is 2.31. The third-order valence-corrected chi connectivity index (χ3v) is 6.26. The number of thioether (sulfide) groups is 1. The van der Waals surface area contributed by atoms with Gasteiger partial charge in [0.1, 0.15) is 15.7 Å². The van der Waals surface area contributed by atoms with Crippen molar-refractivity contribution in [3.8, 4) is 0 Å². The number of hydrogen-bond donors (Lipinski definition) is 1. The van der Waals surface area contributed by atoms with Gasteiger partial charge < -0.3 is 10.1 Å². The van der Waals surface area contributed by atoms with Crippen molar-refractivity contribution in [2.24, 2.45) is 0 Å². The van der Waals surface area contributed by atoms with Crippen LogP contribution in [0.15, 0.2) is 5.03 Å². The van der Waals surface area contributed by atoms with Gasteiger partial charge in [-0.25, -0.2) is 14.8 Å². The van der Waals surface area contributed by atoms with Gasteiger partial charge in [-0.3, -0.25) is 14.5 Å². The lowest BCUT2D eigenvalue weighted by molar-refractivity contribution is -0.155. The average Bonchev–Trinajstić information content (AvgIpc) is 3.15. The highest BCUT2D eigenvalue weighted by atomic mass is 32.2. The average molecular weight is 409 g/mol. The van der Waals surface area contributed by atoms with Gasteiger partial charge in [-0.1, -0.05) is 11.8 Å². The van der Waals surface area contributed by atoms with Crippen molar-refractivity contribution in [3.05, 3.63) is 16.3 Å². The number of carbonyl (C=O) groups excluding carboxylic acids is 3. The number of aromatic nitrogens is 2. The van der Waals surface area contributed by atoms with Crippen LogP contribution in [0.4, 0.5) is 4.79 Å². The number of fused-ring (bicyclic) bond motifs is 1. The van der Waals surface area contributed by atoms with Crippen molar-refractivity contribution < 1.29 is 19.1 Å². The fourth-order valence-electron chi connectivity index (χ4n) is 2.73. The Morgan fingerprint density at radius 1 is 1.33 bits per heavy atom. The molecule has 1 aliphatic rings. The monoisotopic (exact) mass is 408 g/mol. The summed E-state index contributed by atoms with van der Waals surface area (Å²) in [5, 5.41) is 4.23. The smallest absolute Gasteiger partial charge is 0.324 e. The van der Waals surface area contributed by atoms with E-state index in [4.69, 9.17) is 4.74 Å². The third kappa shape index (κ3) is 4.06. The van der Waals surface area contributed by atoms with Crippen molar-refractivity contribution in [2.45, 2.75) is 38.8 Å². The molecule has 0 spiro atoms. The number of urea groups is 1. The summed E-state index contributed by atoms with van der Waals surface area (Å²) in [6.45, 7) is 8.01. The number of imide groups is 1. The molecule has 0 bridgehead atoms. The zero-order valence-corrected chi connectivity index (χ0v) is 17.1. The number of esters is 1. The molecule has 0 aliphatic carbocycles. The van der Waals surface area contributed by atoms with Crippen molar-refractivity contribution in [2.75, 3.05) is 18.8 Å². The molecule has 1 fully saturated rings. The standard InChI is InChI=1S/C17H20N4O4S2/c1-8-10(3)27-15-13(8)14(19-11(4)20-15)26-7-12(22)25-9(2)16(23)21-6-5-18-17(21)24/h9H,5-7H2,1-4H3,(H,18,24)/t9-/m0/s1. The molecule has 1 aliphatic heterocycles. The number of rotatable bonds is 5. The van der Waals surface area contributed by atoms with E-state index < -0.39 is 24.0 Å². The van der Waals surface area contributed by atoms with Gasteiger partial charge in [0.2, 0.25) is 0 Å². The summed E-state index contributed by atoms with van der Waals surface area (Å²) in [4.78, 5) is 48.0. The lowest BCUT2D eigenvalue weighted by Gasteiger charge is -2.18. The summed E-state index contributed by atoms with van der Waals surface area (Å²) in [5.41, 5.74) is 1.11. The first-order valence-electron chi connectivity index (χ1n) is 8.43. The fraction of sp³-hybridized carbons (Fsp3) is 0.471. The molecule has 2 aromatic rings. The molecule has 0 aromatic carbocycles. The minimum Gasteiger partial charge on any atom is -0.452 e. The van der Waals surface area contributed by atoms with Crippen LogP contribution < -0.4 is 5.32 Å². The normalized spacial score (nSPS) is 15.1. The first-order valence-corrected chi connectivity index (χ1v) is 10.2. The Bertz CT molecular complexity index is 927. The summed E-state index contributed by atoms with van der Waals surface area (Å²) in [6.07, 6.45) is -1.01. The summed E-state index contributed by atoms with van der Waals surface area (Å²) in [6, 6.07) is -0.459. The predicted molar refractivity (Wildman–Crippen MR) is 103 cm³/mol. The van der Waals surface area contributed by atoms with E-state index in [1.165, 1.54) is 18.7 Å². The van der Waals surface area contributed by atoms with E-state index in [1.54, 1.807) is 11.3 Å². The van der Waals surface area contributed by atoms with Crippen LogP contribution in [-0.2, 0) is 14.3 Å². The molecule has 8 nitrogen and oxygen atoms in total. The van der Waals surface area contributed by atoms with Crippen molar-refractivity contribution in [1.82, 2.24) is 20.2 Å². The van der Waals surface area contributed by atoms with Crippen LogP contribution in [0, 0.1) is 20.8 Å². The van der Waals surface area contributed by atoms with Gasteiger partial charge >= 0.3 is 12.0 Å². The molecule has 1 atom stereocenters. The van der Waals surface area contributed by atoms with Gasteiger partial charge in [0.15, 0.2) is 6.10 Å². The van der Waals surface area contributed by atoms with Crippen LogP contribution in [-0.4, -0.2) is 57.7 Å². The number of amides is 3. The largest absolute Gasteiger partial charge is 0.452 e. The number of nitrogens with one attached hydrogen (secondary N) is 1. The van der Waals surface area contributed by atoms with Gasteiger partial charge in [-0.05, 0) is 33.3 Å². The fourth-order valence-corrected chi connectivity index (χ4v) is 4.78. The number of aryl methyl sites for hydroxylation is 3. The Labute approximate surface area is 164 Å². The van der Waals surface area contributed by atoms with Crippen molar-refractivity contribution in [1.29, 1.82) is 0 Å². The van der Waals surface area contributed by atoms with Gasteiger partial charge in [-0.2, -0.15) is 0 Å². The SMILES string of the molecule is Cc1nc(SCC(=O)O[C@@H](C)C(=O)N2CCNC2=O)c2c(C)c(C)sc2n1. The topological polar surface area (TPSA) is 101 Å². The second-order valence-corrected chi connectivity index (χ2v) is 8.35. The highest BCUT2D eigenvalue weighted by Crippen LogP contribution is 2.35.